The first kappa shape index (κ1) is 15.0. The van der Waals surface area contributed by atoms with E-state index in [0.717, 1.165) is 22.5 Å². The Labute approximate surface area is 134 Å². The van der Waals surface area contributed by atoms with Crippen molar-refractivity contribution in [2.24, 2.45) is 0 Å². The summed E-state index contributed by atoms with van der Waals surface area (Å²) in [6, 6.07) is 15.2. The second-order valence-corrected chi connectivity index (χ2v) is 5.29. The molecular formula is C18H17N3O2. The molecule has 5 nitrogen and oxygen atoms in total. The van der Waals surface area contributed by atoms with E-state index in [0.29, 0.717) is 12.1 Å². The van der Waals surface area contributed by atoms with Gasteiger partial charge in [0.1, 0.15) is 5.82 Å². The Balaban J connectivity index is 2.04. The number of hydrogen-bond donors (Lipinski definition) is 2. The average molecular weight is 307 g/mol. The number of hydrogen-bond acceptors (Lipinski definition) is 3. The van der Waals surface area contributed by atoms with E-state index in [1.54, 1.807) is 17.7 Å². The third-order valence-electron chi connectivity index (χ3n) is 3.79. The van der Waals surface area contributed by atoms with E-state index in [2.05, 4.69) is 4.98 Å². The van der Waals surface area contributed by atoms with E-state index < -0.39 is 5.91 Å². The van der Waals surface area contributed by atoms with Crippen LogP contribution in [-0.4, -0.2) is 20.7 Å². The number of aryl methyl sites for hydroxylation is 1. The van der Waals surface area contributed by atoms with Gasteiger partial charge in [-0.05, 0) is 35.7 Å². The molecule has 0 aliphatic rings. The van der Waals surface area contributed by atoms with Crippen molar-refractivity contribution in [3.05, 3.63) is 77.9 Å². The summed E-state index contributed by atoms with van der Waals surface area (Å²) in [6.45, 7) is 2.62. The maximum absolute atomic E-state index is 11.9. The molecule has 0 aliphatic heterocycles. The van der Waals surface area contributed by atoms with Gasteiger partial charge in [-0.2, -0.15) is 0 Å². The molecule has 3 rings (SSSR count). The van der Waals surface area contributed by atoms with Crippen LogP contribution >= 0.6 is 0 Å². The summed E-state index contributed by atoms with van der Waals surface area (Å²) < 4.78 is 2.04. The molecule has 0 bridgehead atoms. The van der Waals surface area contributed by atoms with Crippen LogP contribution < -0.4 is 5.48 Å². The number of aromatic nitrogens is 2. The van der Waals surface area contributed by atoms with Crippen LogP contribution in [0.25, 0.3) is 11.1 Å². The molecule has 1 heterocycles. The van der Waals surface area contributed by atoms with E-state index in [-0.39, 0.29) is 0 Å². The van der Waals surface area contributed by atoms with Gasteiger partial charge in [-0.25, -0.2) is 10.5 Å². The van der Waals surface area contributed by atoms with Gasteiger partial charge in [0.2, 0.25) is 0 Å². The van der Waals surface area contributed by atoms with Crippen molar-refractivity contribution >= 4 is 5.91 Å². The maximum Gasteiger partial charge on any atom is 0.275 e. The molecule has 0 saturated carbocycles. The zero-order chi connectivity index (χ0) is 16.2. The van der Waals surface area contributed by atoms with Gasteiger partial charge in [0, 0.05) is 24.5 Å². The zero-order valence-electron chi connectivity index (χ0n) is 12.7. The lowest BCUT2D eigenvalue weighted by atomic mass is 9.96. The molecule has 2 N–H and O–H groups in total. The second-order valence-electron chi connectivity index (χ2n) is 5.29. The predicted molar refractivity (Wildman–Crippen MR) is 87.2 cm³/mol. The van der Waals surface area contributed by atoms with Crippen molar-refractivity contribution < 1.29 is 10.0 Å². The number of nitrogens with zero attached hydrogens (tertiary/aromatic N) is 2. The fraction of sp³-hybridized carbons (Fsp3) is 0.111. The summed E-state index contributed by atoms with van der Waals surface area (Å²) in [7, 11) is 0. The smallest absolute Gasteiger partial charge is 0.275 e. The van der Waals surface area contributed by atoms with Gasteiger partial charge in [-0.15, -0.1) is 0 Å². The molecule has 0 spiro atoms. The van der Waals surface area contributed by atoms with Crippen LogP contribution in [0.3, 0.4) is 0 Å². The first-order valence-electron chi connectivity index (χ1n) is 7.29. The number of benzene rings is 2. The van der Waals surface area contributed by atoms with Crippen molar-refractivity contribution in [2.45, 2.75) is 13.5 Å². The fourth-order valence-electron chi connectivity index (χ4n) is 2.57. The van der Waals surface area contributed by atoms with Crippen LogP contribution in [-0.2, 0) is 6.54 Å². The van der Waals surface area contributed by atoms with Crippen LogP contribution in [0, 0.1) is 6.92 Å². The zero-order valence-corrected chi connectivity index (χ0v) is 12.7. The highest BCUT2D eigenvalue weighted by atomic mass is 16.5. The Morgan fingerprint density at radius 1 is 1.22 bits per heavy atom. The normalized spacial score (nSPS) is 10.5. The molecule has 0 atom stereocenters. The molecule has 5 heteroatoms. The Morgan fingerprint density at radius 2 is 2.00 bits per heavy atom. The van der Waals surface area contributed by atoms with Crippen molar-refractivity contribution in [3.8, 4) is 11.1 Å². The molecule has 23 heavy (non-hydrogen) atoms. The quantitative estimate of drug-likeness (QED) is 0.575. The van der Waals surface area contributed by atoms with Gasteiger partial charge in [-0.1, -0.05) is 36.4 Å². The fourth-order valence-corrected chi connectivity index (χ4v) is 2.57. The highest BCUT2D eigenvalue weighted by Crippen LogP contribution is 2.25. The number of imidazole rings is 1. The molecule has 3 aromatic rings. The number of carbonyl (C=O) groups is 1. The summed E-state index contributed by atoms with van der Waals surface area (Å²) in [5.74, 6) is 0.414. The molecule has 0 unspecified atom stereocenters. The first-order chi connectivity index (χ1) is 11.2. The van der Waals surface area contributed by atoms with Crippen molar-refractivity contribution in [1.29, 1.82) is 0 Å². The first-order valence-corrected chi connectivity index (χ1v) is 7.29. The van der Waals surface area contributed by atoms with Crippen LogP contribution in [0.1, 0.15) is 21.7 Å². The topological polar surface area (TPSA) is 67.2 Å². The van der Waals surface area contributed by atoms with Gasteiger partial charge >= 0.3 is 0 Å². The van der Waals surface area contributed by atoms with Crippen molar-refractivity contribution in [2.75, 3.05) is 0 Å². The summed E-state index contributed by atoms with van der Waals surface area (Å²) in [5.41, 5.74) is 4.91. The molecule has 2 aromatic carbocycles. The lowest BCUT2D eigenvalue weighted by Crippen LogP contribution is -2.19. The van der Waals surface area contributed by atoms with Gasteiger partial charge in [0.15, 0.2) is 0 Å². The molecule has 1 aromatic heterocycles. The highest BCUT2D eigenvalue weighted by Gasteiger charge is 2.13. The summed E-state index contributed by atoms with van der Waals surface area (Å²) in [4.78, 5) is 16.1. The Bertz CT molecular complexity index is 825. The second kappa shape index (κ2) is 6.46. The minimum absolute atomic E-state index is 0.435. The number of rotatable bonds is 4. The van der Waals surface area contributed by atoms with E-state index in [9.17, 15) is 4.79 Å². The number of amides is 1. The predicted octanol–water partition coefficient (Wildman–Crippen LogP) is 3.03. The molecule has 0 fully saturated rings. The number of hydroxylamine groups is 1. The Morgan fingerprint density at radius 3 is 2.65 bits per heavy atom. The van der Waals surface area contributed by atoms with Crippen LogP contribution in [0.5, 0.6) is 0 Å². The minimum atomic E-state index is -0.519. The van der Waals surface area contributed by atoms with Crippen molar-refractivity contribution in [1.82, 2.24) is 15.0 Å². The monoisotopic (exact) mass is 307 g/mol. The van der Waals surface area contributed by atoms with Crippen LogP contribution in [0.2, 0.25) is 0 Å². The minimum Gasteiger partial charge on any atom is -0.331 e. The lowest BCUT2D eigenvalue weighted by molar-refractivity contribution is 0.0707. The van der Waals surface area contributed by atoms with Gasteiger partial charge in [0.25, 0.3) is 5.91 Å². The van der Waals surface area contributed by atoms with Crippen molar-refractivity contribution in [3.63, 3.8) is 0 Å². The standard InChI is InChI=1S/C18H17N3O2/c1-13-19-9-10-21(13)12-14-7-8-16(18(22)20-23)17(11-14)15-5-3-2-4-6-15/h2-11,23H,12H2,1H3,(H,20,22). The molecule has 0 aliphatic carbocycles. The highest BCUT2D eigenvalue weighted by molar-refractivity contribution is 6.00. The molecule has 0 radical (unpaired) electrons. The van der Waals surface area contributed by atoms with Crippen LogP contribution in [0.15, 0.2) is 60.9 Å². The maximum atomic E-state index is 11.9. The number of nitrogens with one attached hydrogen (secondary N) is 1. The third-order valence-corrected chi connectivity index (χ3v) is 3.79. The lowest BCUT2D eigenvalue weighted by Gasteiger charge is -2.12. The van der Waals surface area contributed by atoms with E-state index in [1.165, 1.54) is 0 Å². The van der Waals surface area contributed by atoms with Gasteiger partial charge in [-0.3, -0.25) is 10.0 Å². The van der Waals surface area contributed by atoms with Gasteiger partial charge in [0.05, 0.1) is 0 Å². The molecule has 116 valence electrons. The van der Waals surface area contributed by atoms with E-state index in [4.69, 9.17) is 5.21 Å². The molecule has 0 saturated heterocycles. The van der Waals surface area contributed by atoms with Crippen LogP contribution in [0.4, 0.5) is 0 Å². The number of carbonyl (C=O) groups excluding carboxylic acids is 1. The Hall–Kier alpha value is -2.92. The SMILES string of the molecule is Cc1nccn1Cc1ccc(C(=O)NO)c(-c2ccccc2)c1. The Kier molecular flexibility index (Phi) is 4.21. The van der Waals surface area contributed by atoms with E-state index in [1.807, 2.05) is 60.2 Å². The summed E-state index contributed by atoms with van der Waals surface area (Å²) in [5, 5.41) is 8.96. The summed E-state index contributed by atoms with van der Waals surface area (Å²) in [6.07, 6.45) is 3.69. The molecule has 1 amide bonds. The van der Waals surface area contributed by atoms with E-state index >= 15 is 0 Å². The largest absolute Gasteiger partial charge is 0.331 e. The average Bonchev–Trinajstić information content (AvgIpc) is 3.00. The molecular weight excluding hydrogens is 290 g/mol. The van der Waals surface area contributed by atoms with Gasteiger partial charge < -0.3 is 4.57 Å². The third kappa shape index (κ3) is 3.14. The summed E-state index contributed by atoms with van der Waals surface area (Å²) >= 11 is 0.